The molecule has 0 aliphatic rings. The van der Waals surface area contributed by atoms with Crippen molar-refractivity contribution in [2.24, 2.45) is 0 Å². The molecule has 0 spiro atoms. The van der Waals surface area contributed by atoms with Gasteiger partial charge in [-0.15, -0.1) is 0 Å². The lowest BCUT2D eigenvalue weighted by Gasteiger charge is -2.19. The summed E-state index contributed by atoms with van der Waals surface area (Å²) in [4.78, 5) is 52.2. The third-order valence-corrected chi connectivity index (χ3v) is 8.10. The van der Waals surface area contributed by atoms with E-state index in [-0.39, 0.29) is 31.1 Å². The number of hydrogen-bond donors (Lipinski definition) is 7. The van der Waals surface area contributed by atoms with Crippen LogP contribution in [0.25, 0.3) is 22.0 Å². The van der Waals surface area contributed by atoms with Crippen molar-refractivity contribution in [3.05, 3.63) is 95.7 Å². The van der Waals surface area contributed by atoms with E-state index in [2.05, 4.69) is 15.6 Å². The fourth-order valence-electron chi connectivity index (χ4n) is 5.73. The molecule has 1 atom stereocenters. The van der Waals surface area contributed by atoms with Crippen molar-refractivity contribution in [3.63, 3.8) is 0 Å². The van der Waals surface area contributed by atoms with Gasteiger partial charge in [0.05, 0.1) is 12.3 Å². The molecule has 4 amide bonds. The second-order valence-corrected chi connectivity index (χ2v) is 11.5. The van der Waals surface area contributed by atoms with Gasteiger partial charge in [-0.25, -0.2) is 11.0 Å². The first-order chi connectivity index (χ1) is 22.9. The van der Waals surface area contributed by atoms with Crippen molar-refractivity contribution in [2.75, 3.05) is 13.1 Å². The summed E-state index contributed by atoms with van der Waals surface area (Å²) in [5.41, 5.74) is 8.63. The van der Waals surface area contributed by atoms with E-state index in [1.165, 1.54) is 0 Å². The van der Waals surface area contributed by atoms with Gasteiger partial charge in [0, 0.05) is 43.0 Å². The Labute approximate surface area is 274 Å². The first-order valence-corrected chi connectivity index (χ1v) is 16.1. The summed E-state index contributed by atoms with van der Waals surface area (Å²) in [7, 11) is 0. The molecule has 0 bridgehead atoms. The van der Waals surface area contributed by atoms with Gasteiger partial charge in [0.15, 0.2) is 0 Å². The summed E-state index contributed by atoms with van der Waals surface area (Å²) in [5.74, 6) is -1.58. The zero-order chi connectivity index (χ0) is 33.4. The number of rotatable bonds is 18. The van der Waals surface area contributed by atoms with Gasteiger partial charge in [0.1, 0.15) is 0 Å². The second kappa shape index (κ2) is 18.2. The summed E-state index contributed by atoms with van der Waals surface area (Å²) >= 11 is 0. The number of amides is 4. The number of fused-ring (bicyclic) bond motifs is 1. The van der Waals surface area contributed by atoms with Crippen LogP contribution in [0.15, 0.2) is 79.0 Å². The molecule has 0 saturated heterocycles. The Morgan fingerprint density at radius 2 is 1.30 bits per heavy atom. The maximum Gasteiger partial charge on any atom is 0.243 e. The van der Waals surface area contributed by atoms with Crippen LogP contribution >= 0.6 is 0 Å². The topological polar surface area (TPSA) is 173 Å². The summed E-state index contributed by atoms with van der Waals surface area (Å²) < 4.78 is 0. The zero-order valence-corrected chi connectivity index (χ0v) is 26.4. The Balaban J connectivity index is 1.47. The molecular formula is C36H43N5O6. The van der Waals surface area contributed by atoms with Crippen LogP contribution in [-0.4, -0.2) is 52.1 Å². The Morgan fingerprint density at radius 1 is 0.660 bits per heavy atom. The number of carbonyl (C=O) groups excluding carboxylic acids is 4. The van der Waals surface area contributed by atoms with E-state index in [0.717, 1.165) is 58.0 Å². The monoisotopic (exact) mass is 641 g/mol. The van der Waals surface area contributed by atoms with Gasteiger partial charge in [-0.2, -0.15) is 0 Å². The van der Waals surface area contributed by atoms with Crippen LogP contribution in [0.1, 0.15) is 74.0 Å². The Kier molecular flexibility index (Phi) is 13.5. The van der Waals surface area contributed by atoms with Gasteiger partial charge >= 0.3 is 0 Å². The molecule has 11 heteroatoms. The number of unbranched alkanes of at least 4 members (excludes halogenated alkanes) is 4. The molecule has 0 aliphatic carbocycles. The zero-order valence-electron chi connectivity index (χ0n) is 26.4. The number of carbonyl (C=O) groups is 4. The highest BCUT2D eigenvalue weighted by Gasteiger charge is 2.23. The number of benzene rings is 3. The Morgan fingerprint density at radius 3 is 1.98 bits per heavy atom. The smallest absolute Gasteiger partial charge is 0.243 e. The van der Waals surface area contributed by atoms with E-state index in [1.807, 2.05) is 79.0 Å². The largest absolute Gasteiger partial charge is 0.361 e. The lowest BCUT2D eigenvalue weighted by molar-refractivity contribution is -0.130. The van der Waals surface area contributed by atoms with E-state index >= 15 is 0 Å². The van der Waals surface area contributed by atoms with Crippen LogP contribution in [0, 0.1) is 0 Å². The summed E-state index contributed by atoms with van der Waals surface area (Å²) in [6, 6.07) is 23.5. The summed E-state index contributed by atoms with van der Waals surface area (Å²) in [5, 5.41) is 24.2. The predicted octanol–water partition coefficient (Wildman–Crippen LogP) is 4.87. The van der Waals surface area contributed by atoms with Crippen LogP contribution in [0.2, 0.25) is 0 Å². The number of aromatic amines is 1. The predicted molar refractivity (Wildman–Crippen MR) is 179 cm³/mol. The highest BCUT2D eigenvalue weighted by atomic mass is 16.5. The van der Waals surface area contributed by atoms with Gasteiger partial charge in [0.25, 0.3) is 0 Å². The molecule has 0 fully saturated rings. The molecule has 7 N–H and O–H groups in total. The van der Waals surface area contributed by atoms with Crippen molar-refractivity contribution in [3.8, 4) is 11.1 Å². The highest BCUT2D eigenvalue weighted by Crippen LogP contribution is 2.34. The number of hydroxylamine groups is 2. The van der Waals surface area contributed by atoms with E-state index in [1.54, 1.807) is 11.0 Å². The summed E-state index contributed by atoms with van der Waals surface area (Å²) in [6.07, 6.45) is 6.73. The van der Waals surface area contributed by atoms with E-state index < -0.39 is 17.7 Å². The van der Waals surface area contributed by atoms with Crippen molar-refractivity contribution >= 4 is 34.5 Å². The molecule has 1 heterocycles. The quantitative estimate of drug-likeness (QED) is 0.0464. The van der Waals surface area contributed by atoms with Crippen LogP contribution in [-0.2, 0) is 25.6 Å². The molecule has 248 valence electrons. The van der Waals surface area contributed by atoms with Crippen LogP contribution < -0.4 is 21.6 Å². The Bertz CT molecular complexity index is 1640. The average Bonchev–Trinajstić information content (AvgIpc) is 3.50. The molecule has 3 aromatic carbocycles. The van der Waals surface area contributed by atoms with Crippen molar-refractivity contribution in [2.45, 2.75) is 63.7 Å². The summed E-state index contributed by atoms with van der Waals surface area (Å²) in [6.45, 7) is 0.970. The molecule has 4 rings (SSSR count). The van der Waals surface area contributed by atoms with Gasteiger partial charge in [-0.05, 0) is 65.6 Å². The maximum absolute atomic E-state index is 13.6. The van der Waals surface area contributed by atoms with E-state index in [4.69, 9.17) is 10.4 Å². The number of nitrogens with one attached hydrogen (secondary N) is 5. The molecule has 0 saturated carbocycles. The lowest BCUT2D eigenvalue weighted by Crippen LogP contribution is -2.31. The third kappa shape index (κ3) is 10.2. The van der Waals surface area contributed by atoms with E-state index in [0.29, 0.717) is 32.4 Å². The van der Waals surface area contributed by atoms with Crippen molar-refractivity contribution < 1.29 is 29.6 Å². The van der Waals surface area contributed by atoms with Crippen molar-refractivity contribution in [1.29, 1.82) is 0 Å². The van der Waals surface area contributed by atoms with Crippen LogP contribution in [0.5, 0.6) is 0 Å². The van der Waals surface area contributed by atoms with Gasteiger partial charge < -0.3 is 15.6 Å². The molecule has 1 unspecified atom stereocenters. The Hall–Kier alpha value is -5.00. The van der Waals surface area contributed by atoms with Gasteiger partial charge in [0.2, 0.25) is 23.6 Å². The third-order valence-electron chi connectivity index (χ3n) is 8.10. The lowest BCUT2D eigenvalue weighted by atomic mass is 9.88. The second-order valence-electron chi connectivity index (χ2n) is 11.5. The van der Waals surface area contributed by atoms with Crippen LogP contribution in [0.4, 0.5) is 0 Å². The fourth-order valence-corrected chi connectivity index (χ4v) is 5.73. The number of aromatic nitrogens is 1. The molecular weight excluding hydrogens is 598 g/mol. The standard InChI is InChI=1S/C36H43N5O6/c42-31(40-46)18-6-2-8-20-37-33(44)23-28-24-39-30-17-11-16-29(35(28)30)26-14-10-15-27(22-26)34(25-12-4-1-5-13-25)36(45)38-21-9-3-7-19-32(43)41-47/h1,4-5,10-17,22,24,34,39,46-47H,2-3,6-9,18-21,23H2,(H,37,44)(H,38,45)(H,40,42)(H,41,43). The molecule has 0 aliphatic heterocycles. The first kappa shape index (κ1) is 34.9. The van der Waals surface area contributed by atoms with Crippen LogP contribution in [0.3, 0.4) is 0 Å². The molecule has 47 heavy (non-hydrogen) atoms. The molecule has 11 nitrogen and oxygen atoms in total. The van der Waals surface area contributed by atoms with Gasteiger partial charge in [-0.3, -0.25) is 29.6 Å². The fraction of sp³-hybridized carbons (Fsp3) is 0.333. The molecule has 4 aromatic rings. The first-order valence-electron chi connectivity index (χ1n) is 16.1. The SMILES string of the molecule is O=C(CCCCCNC(=O)Cc1c[nH]c2cccc(-c3cccc(C(C(=O)NCCCCCC(=O)NO)c4ccccc4)c3)c12)NO. The number of hydrogen-bond acceptors (Lipinski definition) is 6. The maximum atomic E-state index is 13.6. The minimum Gasteiger partial charge on any atom is -0.361 e. The highest BCUT2D eigenvalue weighted by molar-refractivity contribution is 6.00. The number of H-pyrrole nitrogens is 1. The molecule has 0 radical (unpaired) electrons. The minimum atomic E-state index is -0.537. The normalized spacial score (nSPS) is 11.5. The van der Waals surface area contributed by atoms with Crippen molar-refractivity contribution in [1.82, 2.24) is 26.6 Å². The van der Waals surface area contributed by atoms with Gasteiger partial charge in [-0.1, -0.05) is 73.5 Å². The minimum absolute atomic E-state index is 0.0972. The molecule has 1 aromatic heterocycles. The average molecular weight is 642 g/mol. The van der Waals surface area contributed by atoms with E-state index in [9.17, 15) is 19.2 Å².